The lowest BCUT2D eigenvalue weighted by Crippen LogP contribution is -2.30. The fourth-order valence-corrected chi connectivity index (χ4v) is 3.47. The number of H-pyrrole nitrogens is 1. The van der Waals surface area contributed by atoms with E-state index in [-0.39, 0.29) is 23.2 Å². The van der Waals surface area contributed by atoms with E-state index in [1.165, 1.54) is 0 Å². The Bertz CT molecular complexity index is 468. The molecule has 2 N–H and O–H groups in total. The van der Waals surface area contributed by atoms with Crippen LogP contribution in [0.2, 0.25) is 0 Å². The minimum atomic E-state index is -2.90. The van der Waals surface area contributed by atoms with E-state index < -0.39 is 15.7 Å². The Morgan fingerprint density at radius 1 is 1.56 bits per heavy atom. The zero-order chi connectivity index (χ0) is 11.6. The lowest BCUT2D eigenvalue weighted by Gasteiger charge is -2.07. The van der Waals surface area contributed by atoms with Crippen LogP contribution in [-0.2, 0) is 9.84 Å². The van der Waals surface area contributed by atoms with Crippen molar-refractivity contribution in [1.82, 2.24) is 25.9 Å². The van der Waals surface area contributed by atoms with E-state index >= 15 is 0 Å². The van der Waals surface area contributed by atoms with Crippen molar-refractivity contribution in [3.05, 3.63) is 5.82 Å². The van der Waals surface area contributed by atoms with Crippen molar-refractivity contribution >= 4 is 15.7 Å². The first-order valence-electron chi connectivity index (χ1n) is 4.79. The van der Waals surface area contributed by atoms with E-state index in [9.17, 15) is 13.2 Å². The molecule has 1 amide bonds. The minimum absolute atomic E-state index is 0.0131. The Hall–Kier alpha value is -1.51. The van der Waals surface area contributed by atoms with Crippen molar-refractivity contribution in [2.24, 2.45) is 5.92 Å². The minimum Gasteiger partial charge on any atom is -0.349 e. The molecule has 1 atom stereocenters. The van der Waals surface area contributed by atoms with Crippen LogP contribution in [0.25, 0.3) is 0 Å². The maximum atomic E-state index is 11.4. The lowest BCUT2D eigenvalue weighted by atomic mass is 10.1. The molecular formula is C7H11N5O3S. The smallest absolute Gasteiger partial charge is 0.292 e. The first-order valence-corrected chi connectivity index (χ1v) is 6.61. The van der Waals surface area contributed by atoms with Crippen molar-refractivity contribution in [3.8, 4) is 0 Å². The highest BCUT2D eigenvalue weighted by Crippen LogP contribution is 2.17. The van der Waals surface area contributed by atoms with Crippen LogP contribution in [0.3, 0.4) is 0 Å². The molecule has 0 aliphatic carbocycles. The largest absolute Gasteiger partial charge is 0.349 e. The average molecular weight is 245 g/mol. The standard InChI is InChI=1S/C7H11N5O3S/c13-7(6-9-11-12-10-6)8-3-5-1-2-16(14,15)4-5/h5H,1-4H2,(H,8,13)(H,9,10,11,12). The Morgan fingerprint density at radius 2 is 2.38 bits per heavy atom. The van der Waals surface area contributed by atoms with Crippen molar-refractivity contribution in [2.75, 3.05) is 18.1 Å². The van der Waals surface area contributed by atoms with Crippen molar-refractivity contribution < 1.29 is 13.2 Å². The quantitative estimate of drug-likeness (QED) is 0.659. The fraction of sp³-hybridized carbons (Fsp3) is 0.714. The van der Waals surface area contributed by atoms with Crippen LogP contribution in [0.1, 0.15) is 17.0 Å². The van der Waals surface area contributed by atoms with Gasteiger partial charge in [0.25, 0.3) is 11.7 Å². The molecule has 1 aromatic heterocycles. The Labute approximate surface area is 91.7 Å². The van der Waals surface area contributed by atoms with Gasteiger partial charge in [0.15, 0.2) is 9.84 Å². The van der Waals surface area contributed by atoms with Gasteiger partial charge in [-0.05, 0) is 17.6 Å². The van der Waals surface area contributed by atoms with Crippen LogP contribution >= 0.6 is 0 Å². The van der Waals surface area contributed by atoms with E-state index in [0.717, 1.165) is 0 Å². The number of amides is 1. The summed E-state index contributed by atoms with van der Waals surface area (Å²) in [5.74, 6) is -0.158. The SMILES string of the molecule is O=C(NCC1CCS(=O)(=O)C1)c1nn[nH]n1. The number of hydrogen-bond donors (Lipinski definition) is 2. The molecule has 8 nitrogen and oxygen atoms in total. The molecule has 2 heterocycles. The van der Waals surface area contributed by atoms with Gasteiger partial charge < -0.3 is 5.32 Å². The maximum absolute atomic E-state index is 11.4. The number of carbonyl (C=O) groups is 1. The number of aromatic nitrogens is 4. The highest BCUT2D eigenvalue weighted by atomic mass is 32.2. The van der Waals surface area contributed by atoms with E-state index in [0.29, 0.717) is 13.0 Å². The van der Waals surface area contributed by atoms with E-state index in [2.05, 4.69) is 25.9 Å². The number of carbonyl (C=O) groups excluding carboxylic acids is 1. The third-order valence-electron chi connectivity index (χ3n) is 2.43. The van der Waals surface area contributed by atoms with Crippen LogP contribution in [-0.4, -0.2) is 53.0 Å². The highest BCUT2D eigenvalue weighted by molar-refractivity contribution is 7.91. The van der Waals surface area contributed by atoms with Gasteiger partial charge in [0.2, 0.25) is 0 Å². The summed E-state index contributed by atoms with van der Waals surface area (Å²) in [7, 11) is -2.90. The van der Waals surface area contributed by atoms with Crippen LogP contribution in [0.4, 0.5) is 0 Å². The van der Waals surface area contributed by atoms with Gasteiger partial charge in [0.1, 0.15) is 0 Å². The van der Waals surface area contributed by atoms with Gasteiger partial charge in [-0.2, -0.15) is 5.21 Å². The van der Waals surface area contributed by atoms with Gasteiger partial charge in [0, 0.05) is 6.54 Å². The van der Waals surface area contributed by atoms with Gasteiger partial charge >= 0.3 is 0 Å². The highest BCUT2D eigenvalue weighted by Gasteiger charge is 2.28. The molecule has 1 saturated heterocycles. The second-order valence-electron chi connectivity index (χ2n) is 3.71. The Balaban J connectivity index is 1.83. The molecule has 1 aromatic rings. The second kappa shape index (κ2) is 4.16. The molecule has 9 heteroatoms. The van der Waals surface area contributed by atoms with E-state index in [1.54, 1.807) is 0 Å². The van der Waals surface area contributed by atoms with E-state index in [4.69, 9.17) is 0 Å². The summed E-state index contributed by atoms with van der Waals surface area (Å²) in [6, 6.07) is 0. The summed E-state index contributed by atoms with van der Waals surface area (Å²) >= 11 is 0. The predicted molar refractivity (Wildman–Crippen MR) is 53.3 cm³/mol. The van der Waals surface area contributed by atoms with Gasteiger partial charge in [0.05, 0.1) is 11.5 Å². The third-order valence-corrected chi connectivity index (χ3v) is 4.26. The monoisotopic (exact) mass is 245 g/mol. The Morgan fingerprint density at radius 3 is 2.94 bits per heavy atom. The zero-order valence-corrected chi connectivity index (χ0v) is 9.20. The lowest BCUT2D eigenvalue weighted by molar-refractivity contribution is 0.0938. The van der Waals surface area contributed by atoms with Gasteiger partial charge in [-0.1, -0.05) is 0 Å². The molecule has 0 saturated carbocycles. The maximum Gasteiger partial charge on any atom is 0.292 e. The van der Waals surface area contributed by atoms with Crippen LogP contribution in [0, 0.1) is 5.92 Å². The van der Waals surface area contributed by atoms with Crippen LogP contribution < -0.4 is 5.32 Å². The molecule has 88 valence electrons. The number of hydrogen-bond acceptors (Lipinski definition) is 6. The fourth-order valence-electron chi connectivity index (χ4n) is 1.61. The summed E-state index contributed by atoms with van der Waals surface area (Å²) in [5.41, 5.74) is 0. The molecule has 16 heavy (non-hydrogen) atoms. The second-order valence-corrected chi connectivity index (χ2v) is 5.94. The first-order chi connectivity index (χ1) is 7.57. The molecule has 0 bridgehead atoms. The summed E-state index contributed by atoms with van der Waals surface area (Å²) < 4.78 is 22.3. The normalized spacial score (nSPS) is 23.1. The zero-order valence-electron chi connectivity index (χ0n) is 8.38. The molecule has 1 aliphatic heterocycles. The molecule has 0 aromatic carbocycles. The summed E-state index contributed by atoms with van der Waals surface area (Å²) in [6.07, 6.45) is 0.592. The topological polar surface area (TPSA) is 118 Å². The molecule has 0 radical (unpaired) electrons. The third kappa shape index (κ3) is 2.54. The molecule has 0 spiro atoms. The first kappa shape index (κ1) is 11.0. The van der Waals surface area contributed by atoms with Gasteiger partial charge in [-0.15, -0.1) is 10.2 Å². The van der Waals surface area contributed by atoms with Crippen LogP contribution in [0.5, 0.6) is 0 Å². The number of nitrogens with one attached hydrogen (secondary N) is 2. The van der Waals surface area contributed by atoms with Crippen LogP contribution in [0.15, 0.2) is 0 Å². The number of rotatable bonds is 3. The van der Waals surface area contributed by atoms with Gasteiger partial charge in [-0.25, -0.2) is 8.42 Å². The summed E-state index contributed by atoms with van der Waals surface area (Å²) in [5, 5.41) is 15.0. The molecule has 1 aliphatic rings. The number of tetrazole rings is 1. The van der Waals surface area contributed by atoms with Crippen molar-refractivity contribution in [2.45, 2.75) is 6.42 Å². The van der Waals surface area contributed by atoms with Gasteiger partial charge in [-0.3, -0.25) is 4.79 Å². The molecule has 1 fully saturated rings. The number of aromatic amines is 1. The van der Waals surface area contributed by atoms with Crippen molar-refractivity contribution in [3.63, 3.8) is 0 Å². The number of nitrogens with zero attached hydrogens (tertiary/aromatic N) is 3. The van der Waals surface area contributed by atoms with Crippen molar-refractivity contribution in [1.29, 1.82) is 0 Å². The molecule has 1 unspecified atom stereocenters. The predicted octanol–water partition coefficient (Wildman–Crippen LogP) is -1.64. The summed E-state index contributed by atoms with van der Waals surface area (Å²) in [6.45, 7) is 0.326. The molecule has 2 rings (SSSR count). The summed E-state index contributed by atoms with van der Waals surface area (Å²) in [4.78, 5) is 11.4. The molecular weight excluding hydrogens is 234 g/mol. The number of sulfone groups is 1. The average Bonchev–Trinajstić information content (AvgIpc) is 2.83. The Kier molecular flexibility index (Phi) is 2.86. The van der Waals surface area contributed by atoms with E-state index in [1.807, 2.05) is 0 Å².